The summed E-state index contributed by atoms with van der Waals surface area (Å²) in [6.45, 7) is 2.52. The van der Waals surface area contributed by atoms with Crippen molar-refractivity contribution in [1.82, 2.24) is 15.0 Å². The maximum Gasteiger partial charge on any atom is 0.213 e. The van der Waals surface area contributed by atoms with E-state index in [1.54, 1.807) is 18.5 Å². The first-order chi connectivity index (χ1) is 14.2. The molecule has 3 aromatic heterocycles. The Hall–Kier alpha value is -3.60. The van der Waals surface area contributed by atoms with Crippen molar-refractivity contribution in [1.29, 1.82) is 0 Å². The van der Waals surface area contributed by atoms with Gasteiger partial charge in [-0.05, 0) is 48.4 Å². The third kappa shape index (κ3) is 4.46. The molecule has 4 aromatic rings. The summed E-state index contributed by atoms with van der Waals surface area (Å²) < 4.78 is 18.6. The lowest BCUT2D eigenvalue weighted by Crippen LogP contribution is -1.97. The third-order valence-corrected chi connectivity index (χ3v) is 4.56. The molecule has 0 bridgehead atoms. The summed E-state index contributed by atoms with van der Waals surface area (Å²) in [4.78, 5) is 12.9. The highest BCUT2D eigenvalue weighted by Gasteiger charge is 2.09. The molecule has 0 unspecified atom stereocenters. The van der Waals surface area contributed by atoms with Crippen LogP contribution in [-0.4, -0.2) is 21.6 Å². The van der Waals surface area contributed by atoms with Gasteiger partial charge in [0.05, 0.1) is 12.3 Å². The van der Waals surface area contributed by atoms with Crippen molar-refractivity contribution in [2.75, 3.05) is 6.61 Å². The zero-order valence-corrected chi connectivity index (χ0v) is 16.0. The van der Waals surface area contributed by atoms with Gasteiger partial charge in [0, 0.05) is 41.7 Å². The van der Waals surface area contributed by atoms with Crippen LogP contribution in [0.3, 0.4) is 0 Å². The van der Waals surface area contributed by atoms with Gasteiger partial charge in [-0.3, -0.25) is 4.98 Å². The fourth-order valence-electron chi connectivity index (χ4n) is 3.19. The third-order valence-electron chi connectivity index (χ3n) is 4.56. The number of hydrogen-bond donors (Lipinski definition) is 0. The first-order valence-electron chi connectivity index (χ1n) is 9.48. The Labute approximate surface area is 169 Å². The Morgan fingerprint density at radius 1 is 0.828 bits per heavy atom. The number of rotatable bonds is 6. The van der Waals surface area contributed by atoms with Crippen LogP contribution in [-0.2, 0) is 6.42 Å². The topological polar surface area (TPSA) is 47.9 Å². The smallest absolute Gasteiger partial charge is 0.213 e. The van der Waals surface area contributed by atoms with Crippen molar-refractivity contribution in [2.24, 2.45) is 0 Å². The van der Waals surface area contributed by atoms with Crippen molar-refractivity contribution >= 4 is 0 Å². The fourth-order valence-corrected chi connectivity index (χ4v) is 3.19. The molecule has 5 heteroatoms. The summed E-state index contributed by atoms with van der Waals surface area (Å²) in [5.41, 5.74) is 5.75. The normalized spacial score (nSPS) is 10.7. The standard InChI is InChI=1S/C24H20FN3O/c1-2-29-24-13-11-19(16-27-24)22-9-5-7-20(28-22)14-17-6-3-4-8-21(17)18-10-12-23(25)26-15-18/h3-13,15-16H,2,14H2,1H3. The Bertz CT molecular complexity index is 1100. The summed E-state index contributed by atoms with van der Waals surface area (Å²) in [6.07, 6.45) is 3.99. The van der Waals surface area contributed by atoms with Crippen LogP contribution in [0, 0.1) is 5.95 Å². The highest BCUT2D eigenvalue weighted by Crippen LogP contribution is 2.26. The molecular formula is C24H20FN3O. The van der Waals surface area contributed by atoms with Crippen molar-refractivity contribution in [2.45, 2.75) is 13.3 Å². The molecule has 0 spiro atoms. The lowest BCUT2D eigenvalue weighted by molar-refractivity contribution is 0.327. The number of benzene rings is 1. The van der Waals surface area contributed by atoms with Gasteiger partial charge < -0.3 is 4.74 Å². The van der Waals surface area contributed by atoms with Gasteiger partial charge in [0.15, 0.2) is 0 Å². The van der Waals surface area contributed by atoms with Gasteiger partial charge >= 0.3 is 0 Å². The molecule has 0 aliphatic rings. The van der Waals surface area contributed by atoms with Gasteiger partial charge in [-0.25, -0.2) is 9.97 Å². The molecule has 0 amide bonds. The number of pyridine rings is 3. The number of ether oxygens (including phenoxy) is 1. The van der Waals surface area contributed by atoms with E-state index in [-0.39, 0.29) is 0 Å². The van der Waals surface area contributed by atoms with Crippen molar-refractivity contribution in [3.8, 4) is 28.3 Å². The Morgan fingerprint density at radius 3 is 2.41 bits per heavy atom. The zero-order chi connectivity index (χ0) is 20.1. The predicted molar refractivity (Wildman–Crippen MR) is 111 cm³/mol. The molecule has 0 fully saturated rings. The molecule has 144 valence electrons. The van der Waals surface area contributed by atoms with Crippen LogP contribution >= 0.6 is 0 Å². The van der Waals surface area contributed by atoms with E-state index < -0.39 is 5.95 Å². The minimum Gasteiger partial charge on any atom is -0.478 e. The summed E-state index contributed by atoms with van der Waals surface area (Å²) in [6, 6.07) is 21.0. The maximum atomic E-state index is 13.2. The van der Waals surface area contributed by atoms with Crippen molar-refractivity contribution in [3.63, 3.8) is 0 Å². The van der Waals surface area contributed by atoms with Crippen LogP contribution in [0.5, 0.6) is 5.88 Å². The molecule has 0 saturated heterocycles. The first kappa shape index (κ1) is 18.7. The van der Waals surface area contributed by atoms with Gasteiger partial charge in [-0.2, -0.15) is 4.39 Å². The monoisotopic (exact) mass is 385 g/mol. The molecule has 1 aromatic carbocycles. The molecule has 0 aliphatic heterocycles. The fraction of sp³-hybridized carbons (Fsp3) is 0.125. The molecule has 3 heterocycles. The van der Waals surface area contributed by atoms with Gasteiger partial charge in [-0.1, -0.05) is 30.3 Å². The molecule has 0 aliphatic carbocycles. The van der Waals surface area contributed by atoms with Crippen LogP contribution in [0.2, 0.25) is 0 Å². The molecule has 0 N–H and O–H groups in total. The van der Waals surface area contributed by atoms with E-state index in [0.717, 1.165) is 33.6 Å². The van der Waals surface area contributed by atoms with E-state index in [1.807, 2.05) is 55.5 Å². The second kappa shape index (κ2) is 8.61. The molecule has 29 heavy (non-hydrogen) atoms. The van der Waals surface area contributed by atoms with Crippen LogP contribution < -0.4 is 4.74 Å². The summed E-state index contributed by atoms with van der Waals surface area (Å²) >= 11 is 0. The minimum atomic E-state index is -0.482. The number of halogens is 1. The highest BCUT2D eigenvalue weighted by molar-refractivity contribution is 5.67. The van der Waals surface area contributed by atoms with Gasteiger partial charge in [0.2, 0.25) is 11.8 Å². The van der Waals surface area contributed by atoms with Crippen LogP contribution in [0.25, 0.3) is 22.4 Å². The van der Waals surface area contributed by atoms with Crippen LogP contribution in [0.4, 0.5) is 4.39 Å². The van der Waals surface area contributed by atoms with E-state index >= 15 is 0 Å². The molecular weight excluding hydrogens is 365 g/mol. The molecule has 4 rings (SSSR count). The van der Waals surface area contributed by atoms with E-state index in [1.165, 1.54) is 6.07 Å². The lowest BCUT2D eigenvalue weighted by Gasteiger charge is -2.10. The lowest BCUT2D eigenvalue weighted by atomic mass is 9.97. The van der Waals surface area contributed by atoms with Crippen LogP contribution in [0.1, 0.15) is 18.2 Å². The van der Waals surface area contributed by atoms with Crippen molar-refractivity contribution < 1.29 is 9.13 Å². The van der Waals surface area contributed by atoms with E-state index in [4.69, 9.17) is 9.72 Å². The van der Waals surface area contributed by atoms with E-state index in [9.17, 15) is 4.39 Å². The van der Waals surface area contributed by atoms with Gasteiger partial charge in [0.25, 0.3) is 0 Å². The van der Waals surface area contributed by atoms with Crippen LogP contribution in [0.15, 0.2) is 79.1 Å². The second-order valence-corrected chi connectivity index (χ2v) is 6.54. The Balaban J connectivity index is 1.61. The van der Waals surface area contributed by atoms with E-state index in [0.29, 0.717) is 18.9 Å². The van der Waals surface area contributed by atoms with Crippen molar-refractivity contribution in [3.05, 3.63) is 96.3 Å². The van der Waals surface area contributed by atoms with Gasteiger partial charge in [-0.15, -0.1) is 0 Å². The summed E-state index contributed by atoms with van der Waals surface area (Å²) in [5.74, 6) is 0.124. The Kier molecular flexibility index (Phi) is 5.56. The number of hydrogen-bond acceptors (Lipinski definition) is 4. The predicted octanol–water partition coefficient (Wildman–Crippen LogP) is 5.33. The number of aromatic nitrogens is 3. The quantitative estimate of drug-likeness (QED) is 0.421. The average Bonchev–Trinajstić information content (AvgIpc) is 2.76. The largest absolute Gasteiger partial charge is 0.478 e. The average molecular weight is 385 g/mol. The minimum absolute atomic E-state index is 0.482. The first-order valence-corrected chi connectivity index (χ1v) is 9.48. The summed E-state index contributed by atoms with van der Waals surface area (Å²) in [7, 11) is 0. The molecule has 0 radical (unpaired) electrons. The number of nitrogens with zero attached hydrogens (tertiary/aromatic N) is 3. The SMILES string of the molecule is CCOc1ccc(-c2cccc(Cc3ccccc3-c3ccc(F)nc3)n2)cn1. The zero-order valence-electron chi connectivity index (χ0n) is 16.0. The molecule has 0 saturated carbocycles. The summed E-state index contributed by atoms with van der Waals surface area (Å²) in [5, 5.41) is 0. The Morgan fingerprint density at radius 2 is 1.66 bits per heavy atom. The molecule has 0 atom stereocenters. The van der Waals surface area contributed by atoms with Gasteiger partial charge in [0.1, 0.15) is 0 Å². The molecule has 4 nitrogen and oxygen atoms in total. The maximum absolute atomic E-state index is 13.2. The van der Waals surface area contributed by atoms with E-state index in [2.05, 4.69) is 16.0 Å². The highest BCUT2D eigenvalue weighted by atomic mass is 19.1. The second-order valence-electron chi connectivity index (χ2n) is 6.54.